The number of piperidine rings is 1. The van der Waals surface area contributed by atoms with Gasteiger partial charge in [-0.15, -0.1) is 0 Å². The standard InChI is InChI=1S/C32H32N4O5/c37-32(38)22-8-9-27-28(16-22)36(17-24-12-15-39-24)30(33-27)18-35-13-10-21(11-14-35)26-5-3-7-31(34-26)41-20-23-19-40-29-6-2-1-4-25(23)29/h1-9,16,19,21,24H,10-15,17-18,20H2,(H,37,38)/t24-/m0/s1. The van der Waals surface area contributed by atoms with Crippen molar-refractivity contribution in [3.8, 4) is 5.88 Å². The van der Waals surface area contributed by atoms with Crippen LogP contribution in [0.3, 0.4) is 0 Å². The van der Waals surface area contributed by atoms with E-state index >= 15 is 0 Å². The zero-order chi connectivity index (χ0) is 27.8. The molecule has 41 heavy (non-hydrogen) atoms. The molecular weight excluding hydrogens is 520 g/mol. The molecule has 9 heteroatoms. The Balaban J connectivity index is 1.01. The Hall–Kier alpha value is -4.21. The van der Waals surface area contributed by atoms with Crippen LogP contribution < -0.4 is 4.74 Å². The minimum atomic E-state index is -0.929. The minimum absolute atomic E-state index is 0.151. The van der Waals surface area contributed by atoms with E-state index in [4.69, 9.17) is 23.9 Å². The molecule has 2 fully saturated rings. The molecule has 0 radical (unpaired) electrons. The third-order valence-electron chi connectivity index (χ3n) is 8.31. The van der Waals surface area contributed by atoms with Crippen LogP contribution in [0.1, 0.15) is 52.6 Å². The van der Waals surface area contributed by atoms with Gasteiger partial charge in [0.2, 0.25) is 5.88 Å². The van der Waals surface area contributed by atoms with Gasteiger partial charge in [-0.2, -0.15) is 0 Å². The van der Waals surface area contributed by atoms with Crippen LogP contribution in [0.5, 0.6) is 5.88 Å². The molecular formula is C32H32N4O5. The van der Waals surface area contributed by atoms with Crippen molar-refractivity contribution in [2.45, 2.75) is 51.0 Å². The second-order valence-corrected chi connectivity index (χ2v) is 10.9. The van der Waals surface area contributed by atoms with Crippen LogP contribution in [-0.4, -0.2) is 56.3 Å². The number of aromatic carboxylic acids is 1. The molecule has 5 aromatic rings. The molecule has 1 N–H and O–H groups in total. The number of carbonyl (C=O) groups is 1. The Morgan fingerprint density at radius 3 is 2.68 bits per heavy atom. The van der Waals surface area contributed by atoms with Crippen LogP contribution >= 0.6 is 0 Å². The molecule has 2 aliphatic heterocycles. The van der Waals surface area contributed by atoms with Crippen LogP contribution in [0.2, 0.25) is 0 Å². The Bertz CT molecular complexity index is 1700. The fourth-order valence-electron chi connectivity index (χ4n) is 5.88. The molecule has 0 bridgehead atoms. The van der Waals surface area contributed by atoms with Gasteiger partial charge in [-0.3, -0.25) is 4.90 Å². The lowest BCUT2D eigenvalue weighted by Crippen LogP contribution is -2.35. The summed E-state index contributed by atoms with van der Waals surface area (Å²) in [7, 11) is 0. The van der Waals surface area contributed by atoms with E-state index in [1.807, 2.05) is 42.5 Å². The number of aromatic nitrogens is 3. The fraction of sp³-hybridized carbons (Fsp3) is 0.344. The van der Waals surface area contributed by atoms with Gasteiger partial charge in [0, 0.05) is 35.2 Å². The summed E-state index contributed by atoms with van der Waals surface area (Å²) in [6.07, 6.45) is 4.91. The third-order valence-corrected chi connectivity index (χ3v) is 8.31. The van der Waals surface area contributed by atoms with Crippen LogP contribution in [-0.2, 0) is 24.4 Å². The zero-order valence-electron chi connectivity index (χ0n) is 22.7. The number of carboxylic acids is 1. The highest BCUT2D eigenvalue weighted by Gasteiger charge is 2.26. The summed E-state index contributed by atoms with van der Waals surface area (Å²) in [4.78, 5) is 23.8. The summed E-state index contributed by atoms with van der Waals surface area (Å²) in [6, 6.07) is 19.1. The molecule has 2 saturated heterocycles. The predicted octanol–water partition coefficient (Wildman–Crippen LogP) is 5.62. The van der Waals surface area contributed by atoms with Gasteiger partial charge in [0.1, 0.15) is 18.0 Å². The largest absolute Gasteiger partial charge is 0.478 e. The lowest BCUT2D eigenvalue weighted by atomic mass is 9.93. The maximum Gasteiger partial charge on any atom is 0.335 e. The first-order valence-electron chi connectivity index (χ1n) is 14.2. The van der Waals surface area contributed by atoms with E-state index < -0.39 is 5.97 Å². The molecule has 3 aromatic heterocycles. The lowest BCUT2D eigenvalue weighted by Gasteiger charge is -2.32. The van der Waals surface area contributed by atoms with Gasteiger partial charge >= 0.3 is 5.97 Å². The number of likely N-dealkylation sites (tertiary alicyclic amines) is 1. The van der Waals surface area contributed by atoms with Crippen molar-refractivity contribution in [2.24, 2.45) is 0 Å². The molecule has 0 aliphatic carbocycles. The summed E-state index contributed by atoms with van der Waals surface area (Å²) < 4.78 is 19.6. The van der Waals surface area contributed by atoms with Crippen molar-refractivity contribution < 1.29 is 23.8 Å². The highest BCUT2D eigenvalue weighted by atomic mass is 16.5. The topological polar surface area (TPSA) is 103 Å². The van der Waals surface area contributed by atoms with Crippen molar-refractivity contribution >= 4 is 28.0 Å². The number of rotatable bonds is 9. The maximum absolute atomic E-state index is 11.6. The average molecular weight is 553 g/mol. The fourth-order valence-corrected chi connectivity index (χ4v) is 5.88. The number of hydrogen-bond donors (Lipinski definition) is 1. The summed E-state index contributed by atoms with van der Waals surface area (Å²) in [5.74, 6) is 1.02. The maximum atomic E-state index is 11.6. The first kappa shape index (κ1) is 25.7. The van der Waals surface area contributed by atoms with E-state index in [2.05, 4.69) is 15.5 Å². The van der Waals surface area contributed by atoms with E-state index in [1.165, 1.54) is 0 Å². The molecule has 2 aromatic carbocycles. The first-order valence-corrected chi connectivity index (χ1v) is 14.2. The lowest BCUT2D eigenvalue weighted by molar-refractivity contribution is -0.0592. The monoisotopic (exact) mass is 552 g/mol. The summed E-state index contributed by atoms with van der Waals surface area (Å²) in [5, 5.41) is 10.6. The van der Waals surface area contributed by atoms with Crippen molar-refractivity contribution in [1.29, 1.82) is 0 Å². The van der Waals surface area contributed by atoms with E-state index in [1.54, 1.807) is 18.4 Å². The van der Waals surface area contributed by atoms with Gasteiger partial charge in [0.05, 0.1) is 42.1 Å². The SMILES string of the molecule is O=C(O)c1ccc2nc(CN3CCC(c4cccc(OCc5coc6ccccc56)n4)CC3)n(C[C@@H]3CCO3)c2c1. The molecule has 0 amide bonds. The molecule has 210 valence electrons. The molecule has 0 unspecified atom stereocenters. The number of para-hydroxylation sites is 1. The number of fused-ring (bicyclic) bond motifs is 2. The third kappa shape index (κ3) is 5.30. The van der Waals surface area contributed by atoms with E-state index in [0.717, 1.165) is 78.0 Å². The number of pyridine rings is 1. The van der Waals surface area contributed by atoms with Crippen LogP contribution in [0, 0.1) is 0 Å². The number of hydrogen-bond acceptors (Lipinski definition) is 7. The van der Waals surface area contributed by atoms with Gasteiger partial charge in [-0.25, -0.2) is 14.8 Å². The van der Waals surface area contributed by atoms with E-state index in [9.17, 15) is 9.90 Å². The summed E-state index contributed by atoms with van der Waals surface area (Å²) in [5.41, 5.74) is 4.89. The average Bonchev–Trinajstić information content (AvgIpc) is 3.54. The number of imidazole rings is 1. The quantitative estimate of drug-likeness (QED) is 0.251. The van der Waals surface area contributed by atoms with Gasteiger partial charge < -0.3 is 23.6 Å². The first-order chi connectivity index (χ1) is 20.1. The van der Waals surface area contributed by atoms with Gasteiger partial charge in [0.15, 0.2) is 0 Å². The smallest absolute Gasteiger partial charge is 0.335 e. The van der Waals surface area contributed by atoms with Crippen molar-refractivity contribution in [2.75, 3.05) is 19.7 Å². The Morgan fingerprint density at radius 1 is 1.02 bits per heavy atom. The second kappa shape index (κ2) is 11.0. The Morgan fingerprint density at radius 2 is 1.88 bits per heavy atom. The van der Waals surface area contributed by atoms with Crippen LogP contribution in [0.25, 0.3) is 22.0 Å². The molecule has 1 atom stereocenters. The van der Waals surface area contributed by atoms with Crippen LogP contribution in [0.4, 0.5) is 0 Å². The number of furan rings is 1. The van der Waals surface area contributed by atoms with E-state index in [-0.39, 0.29) is 11.7 Å². The molecule has 0 spiro atoms. The van der Waals surface area contributed by atoms with Crippen LogP contribution in [0.15, 0.2) is 71.3 Å². The highest BCUT2D eigenvalue weighted by Crippen LogP contribution is 2.30. The summed E-state index contributed by atoms with van der Waals surface area (Å²) >= 11 is 0. The predicted molar refractivity (Wildman–Crippen MR) is 153 cm³/mol. The second-order valence-electron chi connectivity index (χ2n) is 10.9. The van der Waals surface area contributed by atoms with Gasteiger partial charge in [-0.05, 0) is 62.7 Å². The molecule has 2 aliphatic rings. The van der Waals surface area contributed by atoms with E-state index in [0.29, 0.717) is 31.5 Å². The Kier molecular flexibility index (Phi) is 6.90. The highest BCUT2D eigenvalue weighted by molar-refractivity contribution is 5.92. The molecule has 5 heterocycles. The van der Waals surface area contributed by atoms with Gasteiger partial charge in [0.25, 0.3) is 0 Å². The van der Waals surface area contributed by atoms with Crippen molar-refractivity contribution in [1.82, 2.24) is 19.4 Å². The Labute approximate surface area is 237 Å². The van der Waals surface area contributed by atoms with Crippen molar-refractivity contribution in [3.63, 3.8) is 0 Å². The van der Waals surface area contributed by atoms with Crippen molar-refractivity contribution in [3.05, 3.63) is 89.6 Å². The normalized spacial score (nSPS) is 18.1. The number of ether oxygens (including phenoxy) is 2. The molecule has 7 rings (SSSR count). The molecule has 9 nitrogen and oxygen atoms in total. The minimum Gasteiger partial charge on any atom is -0.478 e. The number of nitrogens with zero attached hydrogens (tertiary/aromatic N) is 4. The summed E-state index contributed by atoms with van der Waals surface area (Å²) in [6.45, 7) is 4.46. The zero-order valence-corrected chi connectivity index (χ0v) is 22.7. The molecule has 0 saturated carbocycles. The number of benzene rings is 2. The van der Waals surface area contributed by atoms with Gasteiger partial charge in [-0.1, -0.05) is 24.3 Å². The number of carboxylic acid groups (broad SMARTS) is 1.